The number of nitrogens with zero attached hydrogens (tertiary/aromatic N) is 4. The van der Waals surface area contributed by atoms with Crippen molar-refractivity contribution in [3.63, 3.8) is 0 Å². The number of likely N-dealkylation sites (tertiary alicyclic amines) is 1. The van der Waals surface area contributed by atoms with Crippen LogP contribution in [0, 0.1) is 11.8 Å². The maximum Gasteiger partial charge on any atom is 0.303 e. The molecule has 1 N–H and O–H groups in total. The van der Waals surface area contributed by atoms with E-state index in [0.29, 0.717) is 18.7 Å². The Labute approximate surface area is 208 Å². The highest BCUT2D eigenvalue weighted by atomic mass is 16.4. The van der Waals surface area contributed by atoms with Crippen molar-refractivity contribution >= 4 is 23.3 Å². The number of benzene rings is 2. The van der Waals surface area contributed by atoms with Gasteiger partial charge in [0, 0.05) is 76.7 Å². The van der Waals surface area contributed by atoms with Crippen molar-refractivity contribution in [2.75, 3.05) is 69.7 Å². The van der Waals surface area contributed by atoms with Crippen molar-refractivity contribution in [2.24, 2.45) is 11.8 Å². The van der Waals surface area contributed by atoms with Crippen LogP contribution in [-0.2, 0) is 4.79 Å². The maximum absolute atomic E-state index is 13.2. The Hall–Kier alpha value is -3.06. The molecule has 1 amide bonds. The Bertz CT molecular complexity index is 971. The molecule has 4 rings (SSSR count). The summed E-state index contributed by atoms with van der Waals surface area (Å²) in [5.74, 6) is -0.364. The topological polar surface area (TPSA) is 67.3 Å². The van der Waals surface area contributed by atoms with Crippen LogP contribution in [0.3, 0.4) is 0 Å². The lowest BCUT2D eigenvalue weighted by Gasteiger charge is -2.40. The van der Waals surface area contributed by atoms with Crippen LogP contribution in [0.15, 0.2) is 54.6 Å². The summed E-state index contributed by atoms with van der Waals surface area (Å²) < 4.78 is 0. The Balaban J connectivity index is 1.34. The third-order valence-electron chi connectivity index (χ3n) is 7.56. The fourth-order valence-corrected chi connectivity index (χ4v) is 5.39. The second-order valence-corrected chi connectivity index (χ2v) is 10.1. The molecule has 0 aliphatic carbocycles. The normalized spacial score (nSPS) is 21.1. The Morgan fingerprint density at radius 2 is 1.60 bits per heavy atom. The molecule has 35 heavy (non-hydrogen) atoms. The van der Waals surface area contributed by atoms with Crippen molar-refractivity contribution in [2.45, 2.75) is 19.3 Å². The van der Waals surface area contributed by atoms with Gasteiger partial charge in [0.25, 0.3) is 5.91 Å². The number of carboxylic acid groups (broad SMARTS) is 1. The van der Waals surface area contributed by atoms with Crippen molar-refractivity contribution in [3.05, 3.63) is 60.2 Å². The first-order valence-corrected chi connectivity index (χ1v) is 12.7. The molecule has 2 heterocycles. The predicted octanol–water partition coefficient (Wildman–Crippen LogP) is 3.52. The van der Waals surface area contributed by atoms with E-state index in [9.17, 15) is 14.7 Å². The molecule has 2 aliphatic rings. The van der Waals surface area contributed by atoms with E-state index in [1.165, 1.54) is 5.69 Å². The molecule has 2 unspecified atom stereocenters. The number of hydrogen-bond donors (Lipinski definition) is 1. The summed E-state index contributed by atoms with van der Waals surface area (Å²) in [5, 5.41) is 9.46. The molecule has 0 saturated carbocycles. The van der Waals surface area contributed by atoms with Crippen molar-refractivity contribution in [3.8, 4) is 0 Å². The Kier molecular flexibility index (Phi) is 8.29. The highest BCUT2D eigenvalue weighted by Crippen LogP contribution is 2.31. The molecule has 7 heteroatoms. The molecule has 7 nitrogen and oxygen atoms in total. The number of carbonyl (C=O) groups excluding carboxylic acids is 1. The first-order chi connectivity index (χ1) is 16.9. The first kappa shape index (κ1) is 25.0. The minimum atomic E-state index is -0.740. The molecule has 2 saturated heterocycles. The Morgan fingerprint density at radius 3 is 2.23 bits per heavy atom. The highest BCUT2D eigenvalue weighted by Gasteiger charge is 2.33. The van der Waals surface area contributed by atoms with Crippen LogP contribution < -0.4 is 9.80 Å². The van der Waals surface area contributed by atoms with E-state index in [1.807, 2.05) is 54.2 Å². The van der Waals surface area contributed by atoms with Crippen LogP contribution in [0.2, 0.25) is 0 Å². The number of amides is 1. The highest BCUT2D eigenvalue weighted by molar-refractivity contribution is 5.94. The lowest BCUT2D eigenvalue weighted by atomic mass is 9.81. The molecule has 0 radical (unpaired) electrons. The predicted molar refractivity (Wildman–Crippen MR) is 140 cm³/mol. The molecule has 2 aromatic rings. The van der Waals surface area contributed by atoms with Gasteiger partial charge in [0.05, 0.1) is 0 Å². The first-order valence-electron chi connectivity index (χ1n) is 12.7. The molecule has 2 fully saturated rings. The number of carboxylic acids is 1. The standard InChI is InChI=1S/C28H38N4O3/c1-29(2)25-10-8-22(9-11-25)28(35)32-15-13-23(20-27(33)34)24(21-32)12-14-30-16-18-31(19-17-30)26-6-4-3-5-7-26/h3-11,23-24H,12-21H2,1-2H3,(H,33,34). The van der Waals surface area contributed by atoms with Crippen LogP contribution in [0.5, 0.6) is 0 Å². The number of aliphatic carboxylic acids is 1. The molecule has 0 spiro atoms. The van der Waals surface area contributed by atoms with Gasteiger partial charge in [-0.1, -0.05) is 18.2 Å². The van der Waals surface area contributed by atoms with Gasteiger partial charge < -0.3 is 19.8 Å². The maximum atomic E-state index is 13.2. The number of anilines is 2. The third kappa shape index (κ3) is 6.54. The molecule has 188 valence electrons. The monoisotopic (exact) mass is 478 g/mol. The number of piperidine rings is 1. The van der Waals surface area contributed by atoms with Gasteiger partial charge in [0.1, 0.15) is 0 Å². The summed E-state index contributed by atoms with van der Waals surface area (Å²) in [6, 6.07) is 18.2. The lowest BCUT2D eigenvalue weighted by Crippen LogP contribution is -2.48. The van der Waals surface area contributed by atoms with Crippen molar-refractivity contribution in [1.29, 1.82) is 0 Å². The molecule has 2 atom stereocenters. The quantitative estimate of drug-likeness (QED) is 0.626. The molecule has 2 aromatic carbocycles. The summed E-state index contributed by atoms with van der Waals surface area (Å²) >= 11 is 0. The van der Waals surface area contributed by atoms with Gasteiger partial charge in [-0.25, -0.2) is 0 Å². The van der Waals surface area contributed by atoms with Gasteiger partial charge >= 0.3 is 5.97 Å². The number of piperazine rings is 1. The SMILES string of the molecule is CN(C)c1ccc(C(=O)N2CCC(CC(=O)O)C(CCN3CCN(c4ccccc4)CC3)C2)cc1. The largest absolute Gasteiger partial charge is 0.481 e. The fraction of sp³-hybridized carbons (Fsp3) is 0.500. The van der Waals surface area contributed by atoms with E-state index in [1.54, 1.807) is 0 Å². The fourth-order valence-electron chi connectivity index (χ4n) is 5.39. The van der Waals surface area contributed by atoms with Gasteiger partial charge in [-0.3, -0.25) is 14.5 Å². The zero-order valence-corrected chi connectivity index (χ0v) is 21.0. The number of rotatable bonds is 8. The van der Waals surface area contributed by atoms with Crippen molar-refractivity contribution < 1.29 is 14.7 Å². The van der Waals surface area contributed by atoms with Gasteiger partial charge in [0.2, 0.25) is 0 Å². The van der Waals surface area contributed by atoms with Crippen LogP contribution in [0.1, 0.15) is 29.6 Å². The van der Waals surface area contributed by atoms with E-state index in [0.717, 1.165) is 51.3 Å². The van der Waals surface area contributed by atoms with Gasteiger partial charge in [-0.15, -0.1) is 0 Å². The molecular formula is C28H38N4O3. The second-order valence-electron chi connectivity index (χ2n) is 10.1. The average molecular weight is 479 g/mol. The summed E-state index contributed by atoms with van der Waals surface area (Å²) in [6.45, 7) is 6.22. The summed E-state index contributed by atoms with van der Waals surface area (Å²) in [4.78, 5) is 33.6. The van der Waals surface area contributed by atoms with E-state index < -0.39 is 5.97 Å². The lowest BCUT2D eigenvalue weighted by molar-refractivity contribution is -0.139. The van der Waals surface area contributed by atoms with E-state index in [-0.39, 0.29) is 24.2 Å². The van der Waals surface area contributed by atoms with E-state index >= 15 is 0 Å². The summed E-state index contributed by atoms with van der Waals surface area (Å²) in [7, 11) is 3.96. The third-order valence-corrected chi connectivity index (χ3v) is 7.56. The van der Waals surface area contributed by atoms with Gasteiger partial charge in [0.15, 0.2) is 0 Å². The van der Waals surface area contributed by atoms with Crippen LogP contribution >= 0.6 is 0 Å². The molecule has 0 aromatic heterocycles. The van der Waals surface area contributed by atoms with E-state index in [4.69, 9.17) is 0 Å². The van der Waals surface area contributed by atoms with Crippen LogP contribution in [0.4, 0.5) is 11.4 Å². The van der Waals surface area contributed by atoms with Gasteiger partial charge in [-0.2, -0.15) is 0 Å². The van der Waals surface area contributed by atoms with E-state index in [2.05, 4.69) is 34.1 Å². The molecule has 2 aliphatic heterocycles. The van der Waals surface area contributed by atoms with Crippen LogP contribution in [0.25, 0.3) is 0 Å². The zero-order valence-electron chi connectivity index (χ0n) is 21.0. The zero-order chi connectivity index (χ0) is 24.8. The van der Waals surface area contributed by atoms with Gasteiger partial charge in [-0.05, 0) is 67.6 Å². The smallest absolute Gasteiger partial charge is 0.303 e. The summed E-state index contributed by atoms with van der Waals surface area (Å²) in [5.41, 5.74) is 3.03. The number of hydrogen-bond acceptors (Lipinski definition) is 5. The second kappa shape index (κ2) is 11.6. The average Bonchev–Trinajstić information content (AvgIpc) is 2.88. The molecule has 0 bridgehead atoms. The Morgan fingerprint density at radius 1 is 0.914 bits per heavy atom. The van der Waals surface area contributed by atoms with Crippen molar-refractivity contribution in [1.82, 2.24) is 9.80 Å². The van der Waals surface area contributed by atoms with Crippen LogP contribution in [-0.4, -0.2) is 86.7 Å². The number of para-hydroxylation sites is 1. The minimum Gasteiger partial charge on any atom is -0.481 e. The molecular weight excluding hydrogens is 440 g/mol. The summed E-state index contributed by atoms with van der Waals surface area (Å²) in [6.07, 6.45) is 1.86. The number of carbonyl (C=O) groups is 2. The minimum absolute atomic E-state index is 0.0468.